The maximum atomic E-state index is 12.8. The average molecular weight is 474 g/mol. The van der Waals surface area contributed by atoms with Crippen LogP contribution in [0.1, 0.15) is 28.9 Å². The molecule has 0 aliphatic carbocycles. The van der Waals surface area contributed by atoms with Gasteiger partial charge in [-0.3, -0.25) is 14.4 Å². The number of anilines is 1. The third-order valence-corrected chi connectivity index (χ3v) is 6.10. The monoisotopic (exact) mass is 473 g/mol. The van der Waals surface area contributed by atoms with Crippen molar-refractivity contribution in [1.29, 1.82) is 0 Å². The number of methoxy groups -OCH3 is 1. The Balaban J connectivity index is 1.46. The molecule has 2 N–H and O–H groups in total. The first-order valence-electron chi connectivity index (χ1n) is 11.1. The van der Waals surface area contributed by atoms with Gasteiger partial charge in [-0.2, -0.15) is 0 Å². The summed E-state index contributed by atoms with van der Waals surface area (Å²) in [6.45, 7) is 4.18. The zero-order valence-corrected chi connectivity index (χ0v) is 19.7. The summed E-state index contributed by atoms with van der Waals surface area (Å²) in [5, 5.41) is 7.81. The first kappa shape index (κ1) is 24.8. The molecule has 0 unspecified atom stereocenters. The Hall–Kier alpha value is -2.82. The Kier molecular flexibility index (Phi) is 9.79. The minimum Gasteiger partial charge on any atom is -0.383 e. The van der Waals surface area contributed by atoms with Crippen molar-refractivity contribution in [1.82, 2.24) is 20.1 Å². The maximum absolute atomic E-state index is 12.8. The molecule has 0 atom stereocenters. The van der Waals surface area contributed by atoms with E-state index in [1.54, 1.807) is 36.8 Å². The average Bonchev–Trinajstić information content (AvgIpc) is 3.49. The first-order chi connectivity index (χ1) is 16.0. The number of thiazole rings is 1. The molecule has 1 aliphatic heterocycles. The highest BCUT2D eigenvalue weighted by molar-refractivity contribution is 7.13. The van der Waals surface area contributed by atoms with Gasteiger partial charge in [-0.25, -0.2) is 4.98 Å². The van der Waals surface area contributed by atoms with Crippen molar-refractivity contribution >= 4 is 34.2 Å². The van der Waals surface area contributed by atoms with Crippen LogP contribution in [0.2, 0.25) is 0 Å². The number of nitrogens with zero attached hydrogens (tertiary/aromatic N) is 3. The maximum Gasteiger partial charge on any atom is 0.254 e. The fourth-order valence-corrected chi connectivity index (χ4v) is 4.31. The third kappa shape index (κ3) is 8.23. The minimum absolute atomic E-state index is 0.0865. The van der Waals surface area contributed by atoms with E-state index in [1.807, 2.05) is 6.07 Å². The quantitative estimate of drug-likeness (QED) is 0.486. The molecule has 0 bridgehead atoms. The van der Waals surface area contributed by atoms with E-state index in [0.29, 0.717) is 36.1 Å². The molecule has 2 heterocycles. The Bertz CT molecular complexity index is 915. The molecule has 0 saturated carbocycles. The first-order valence-corrected chi connectivity index (χ1v) is 12.0. The van der Waals surface area contributed by atoms with E-state index >= 15 is 0 Å². The summed E-state index contributed by atoms with van der Waals surface area (Å²) in [5.74, 6) is -0.684. The SMILES string of the molecule is COCCN(CC(=O)Nc1nc(CC(=O)NCCN2CCCC2)cs1)C(=O)c1ccccc1. The van der Waals surface area contributed by atoms with Gasteiger partial charge in [0.15, 0.2) is 5.13 Å². The second kappa shape index (κ2) is 13.0. The minimum atomic E-state index is -0.355. The van der Waals surface area contributed by atoms with Crippen molar-refractivity contribution in [3.8, 4) is 0 Å². The molecule has 1 aromatic carbocycles. The van der Waals surface area contributed by atoms with Gasteiger partial charge in [0.2, 0.25) is 11.8 Å². The molecule has 0 spiro atoms. The number of likely N-dealkylation sites (tertiary alicyclic amines) is 1. The summed E-state index contributed by atoms with van der Waals surface area (Å²) >= 11 is 1.25. The van der Waals surface area contributed by atoms with Gasteiger partial charge in [0.05, 0.1) is 18.7 Å². The van der Waals surface area contributed by atoms with Crippen LogP contribution in [0.3, 0.4) is 0 Å². The normalized spacial score (nSPS) is 13.6. The second-order valence-electron chi connectivity index (χ2n) is 7.85. The Labute approximate surface area is 198 Å². The van der Waals surface area contributed by atoms with Gasteiger partial charge >= 0.3 is 0 Å². The lowest BCUT2D eigenvalue weighted by Gasteiger charge is -2.21. The van der Waals surface area contributed by atoms with Crippen LogP contribution >= 0.6 is 11.3 Å². The third-order valence-electron chi connectivity index (χ3n) is 5.30. The van der Waals surface area contributed by atoms with Crippen molar-refractivity contribution in [2.24, 2.45) is 0 Å². The van der Waals surface area contributed by atoms with Crippen molar-refractivity contribution in [2.45, 2.75) is 19.3 Å². The van der Waals surface area contributed by atoms with E-state index in [1.165, 1.54) is 29.1 Å². The molecule has 33 heavy (non-hydrogen) atoms. The van der Waals surface area contributed by atoms with Crippen LogP contribution in [-0.4, -0.2) is 85.5 Å². The molecular formula is C23H31N5O4S. The predicted molar refractivity (Wildman–Crippen MR) is 127 cm³/mol. The number of amides is 3. The number of aromatic nitrogens is 1. The van der Waals surface area contributed by atoms with Crippen molar-refractivity contribution in [3.63, 3.8) is 0 Å². The van der Waals surface area contributed by atoms with Gasteiger partial charge in [-0.1, -0.05) is 18.2 Å². The molecule has 9 nitrogen and oxygen atoms in total. The summed E-state index contributed by atoms with van der Waals surface area (Å²) < 4.78 is 5.08. The molecule has 3 rings (SSSR count). The van der Waals surface area contributed by atoms with Crippen molar-refractivity contribution < 1.29 is 19.1 Å². The van der Waals surface area contributed by atoms with E-state index < -0.39 is 0 Å². The van der Waals surface area contributed by atoms with Gasteiger partial charge < -0.3 is 25.2 Å². The number of nitrogens with one attached hydrogen (secondary N) is 2. The molecular weight excluding hydrogens is 442 g/mol. The summed E-state index contributed by atoms with van der Waals surface area (Å²) in [6.07, 6.45) is 2.62. The highest BCUT2D eigenvalue weighted by Gasteiger charge is 2.19. The van der Waals surface area contributed by atoms with E-state index in [-0.39, 0.29) is 30.7 Å². The molecule has 1 fully saturated rings. The topological polar surface area (TPSA) is 104 Å². The zero-order chi connectivity index (χ0) is 23.5. The molecule has 1 saturated heterocycles. The van der Waals surface area contributed by atoms with Crippen LogP contribution in [0.5, 0.6) is 0 Å². The van der Waals surface area contributed by atoms with E-state index in [9.17, 15) is 14.4 Å². The van der Waals surface area contributed by atoms with Gasteiger partial charge in [0.1, 0.15) is 6.54 Å². The Morgan fingerprint density at radius 2 is 1.91 bits per heavy atom. The molecule has 0 radical (unpaired) electrons. The van der Waals surface area contributed by atoms with Crippen LogP contribution in [0.15, 0.2) is 35.7 Å². The summed E-state index contributed by atoms with van der Waals surface area (Å²) in [4.78, 5) is 45.6. The van der Waals surface area contributed by atoms with Gasteiger partial charge in [-0.05, 0) is 38.1 Å². The molecule has 1 aliphatic rings. The Morgan fingerprint density at radius 3 is 2.64 bits per heavy atom. The van der Waals surface area contributed by atoms with Crippen LogP contribution in [-0.2, 0) is 20.7 Å². The van der Waals surface area contributed by atoms with Crippen LogP contribution in [0.4, 0.5) is 5.13 Å². The second-order valence-corrected chi connectivity index (χ2v) is 8.71. The summed E-state index contributed by atoms with van der Waals surface area (Å²) in [6, 6.07) is 8.81. The number of rotatable bonds is 12. The van der Waals surface area contributed by atoms with E-state index in [0.717, 1.165) is 19.6 Å². The lowest BCUT2D eigenvalue weighted by Crippen LogP contribution is -2.40. The fourth-order valence-electron chi connectivity index (χ4n) is 3.58. The number of benzene rings is 1. The van der Waals surface area contributed by atoms with E-state index in [4.69, 9.17) is 4.74 Å². The van der Waals surface area contributed by atoms with Crippen molar-refractivity contribution in [2.75, 3.05) is 58.3 Å². The summed E-state index contributed by atoms with van der Waals surface area (Å²) in [7, 11) is 1.55. The number of ether oxygens (including phenoxy) is 1. The van der Waals surface area contributed by atoms with Gasteiger partial charge in [-0.15, -0.1) is 11.3 Å². The Morgan fingerprint density at radius 1 is 1.15 bits per heavy atom. The molecule has 3 amide bonds. The lowest BCUT2D eigenvalue weighted by molar-refractivity contribution is -0.120. The summed E-state index contributed by atoms with van der Waals surface area (Å²) in [5.41, 5.74) is 1.11. The zero-order valence-electron chi connectivity index (χ0n) is 18.9. The number of carbonyl (C=O) groups is 3. The van der Waals surface area contributed by atoms with Crippen LogP contribution in [0.25, 0.3) is 0 Å². The largest absolute Gasteiger partial charge is 0.383 e. The van der Waals surface area contributed by atoms with E-state index in [2.05, 4.69) is 20.5 Å². The number of carbonyl (C=O) groups excluding carboxylic acids is 3. The standard InChI is InChI=1S/C23H31N5O4S/c1-32-14-13-28(22(31)18-7-3-2-4-8-18)16-21(30)26-23-25-19(17-33-23)15-20(29)24-9-12-27-10-5-6-11-27/h2-4,7-8,17H,5-6,9-16H2,1H3,(H,24,29)(H,25,26,30). The van der Waals surface area contributed by atoms with Gasteiger partial charge in [0, 0.05) is 37.7 Å². The predicted octanol–water partition coefficient (Wildman–Crippen LogP) is 1.62. The van der Waals surface area contributed by atoms with Crippen LogP contribution in [0, 0.1) is 0 Å². The highest BCUT2D eigenvalue weighted by atomic mass is 32.1. The van der Waals surface area contributed by atoms with Crippen molar-refractivity contribution in [3.05, 3.63) is 47.0 Å². The smallest absolute Gasteiger partial charge is 0.254 e. The van der Waals surface area contributed by atoms with Crippen LogP contribution < -0.4 is 10.6 Å². The molecule has 178 valence electrons. The molecule has 2 aromatic rings. The number of hydrogen-bond donors (Lipinski definition) is 2. The fraction of sp³-hybridized carbons (Fsp3) is 0.478. The lowest BCUT2D eigenvalue weighted by atomic mass is 10.2. The highest BCUT2D eigenvalue weighted by Crippen LogP contribution is 2.16. The van der Waals surface area contributed by atoms with Gasteiger partial charge in [0.25, 0.3) is 5.91 Å². The number of hydrogen-bond acceptors (Lipinski definition) is 7. The molecule has 10 heteroatoms. The molecule has 1 aromatic heterocycles.